The second-order valence-electron chi connectivity index (χ2n) is 10.9. The molecule has 0 atom stereocenters. The van der Waals surface area contributed by atoms with Gasteiger partial charge in [-0.1, -0.05) is 12.1 Å². The highest BCUT2D eigenvalue weighted by Crippen LogP contribution is 2.50. The largest absolute Gasteiger partial charge is 0.497 e. The van der Waals surface area contributed by atoms with E-state index in [-0.39, 0.29) is 5.60 Å². The highest BCUT2D eigenvalue weighted by Gasteiger charge is 2.37. The second-order valence-corrected chi connectivity index (χ2v) is 10.9. The van der Waals surface area contributed by atoms with Crippen LogP contribution in [0.1, 0.15) is 30.5 Å². The molecule has 0 radical (unpaired) electrons. The van der Waals surface area contributed by atoms with Crippen LogP contribution >= 0.6 is 0 Å². The topological polar surface area (TPSA) is 28.2 Å². The average molecular weight is 486 g/mol. The van der Waals surface area contributed by atoms with Gasteiger partial charge >= 0.3 is 0 Å². The Morgan fingerprint density at radius 1 is 0.833 bits per heavy atom. The first kappa shape index (κ1) is 24.4. The van der Waals surface area contributed by atoms with Gasteiger partial charge in [-0.15, -0.1) is 0 Å². The normalized spacial score (nSPS) is 16.5. The van der Waals surface area contributed by atoms with Gasteiger partial charge in [0.1, 0.15) is 17.1 Å². The standard InChI is InChI=1S/C31H39N3O2/c1-21-22(2)30-27(20-31(3,4)36-30)28(23-8-10-24(11-9-23)32(5)6)29(21)34-18-16-33(17-19-34)25-12-14-26(35-7)15-13-25/h8-15H,16-20H2,1-7H3. The molecule has 5 heteroatoms. The molecule has 0 saturated carbocycles. The number of hydrogen-bond acceptors (Lipinski definition) is 5. The molecule has 1 fully saturated rings. The quantitative estimate of drug-likeness (QED) is 0.436. The highest BCUT2D eigenvalue weighted by molar-refractivity contribution is 5.88. The third kappa shape index (κ3) is 4.36. The average Bonchev–Trinajstić information content (AvgIpc) is 3.21. The van der Waals surface area contributed by atoms with Crippen molar-refractivity contribution in [3.8, 4) is 22.6 Å². The predicted molar refractivity (Wildman–Crippen MR) is 152 cm³/mol. The predicted octanol–water partition coefficient (Wildman–Crippen LogP) is 6.09. The van der Waals surface area contributed by atoms with Crippen molar-refractivity contribution in [3.63, 3.8) is 0 Å². The van der Waals surface area contributed by atoms with Crippen LogP contribution in [0.4, 0.5) is 17.1 Å². The Hall–Kier alpha value is -3.34. The minimum atomic E-state index is -0.191. The Morgan fingerprint density at radius 3 is 2.03 bits per heavy atom. The Bertz CT molecular complexity index is 1240. The number of methoxy groups -OCH3 is 1. The lowest BCUT2D eigenvalue weighted by molar-refractivity contribution is 0.137. The molecule has 1 saturated heterocycles. The van der Waals surface area contributed by atoms with Gasteiger partial charge < -0.3 is 24.2 Å². The minimum absolute atomic E-state index is 0.191. The molecule has 2 aliphatic heterocycles. The Morgan fingerprint density at radius 2 is 1.44 bits per heavy atom. The van der Waals surface area contributed by atoms with E-state index in [0.29, 0.717) is 0 Å². The van der Waals surface area contributed by atoms with E-state index >= 15 is 0 Å². The first-order chi connectivity index (χ1) is 17.2. The van der Waals surface area contributed by atoms with Gasteiger partial charge in [0.15, 0.2) is 0 Å². The number of fused-ring (bicyclic) bond motifs is 1. The summed E-state index contributed by atoms with van der Waals surface area (Å²) in [5, 5.41) is 0. The molecule has 0 bridgehead atoms. The van der Waals surface area contributed by atoms with Crippen LogP contribution in [0.25, 0.3) is 11.1 Å². The van der Waals surface area contributed by atoms with Crippen molar-refractivity contribution < 1.29 is 9.47 Å². The summed E-state index contributed by atoms with van der Waals surface area (Å²) in [6.07, 6.45) is 0.924. The van der Waals surface area contributed by atoms with Gasteiger partial charge in [0.05, 0.1) is 7.11 Å². The van der Waals surface area contributed by atoms with Gasteiger partial charge in [-0.05, 0) is 80.8 Å². The number of anilines is 3. The van der Waals surface area contributed by atoms with E-state index in [1.807, 2.05) is 12.1 Å². The van der Waals surface area contributed by atoms with Crippen molar-refractivity contribution in [2.75, 3.05) is 62.1 Å². The van der Waals surface area contributed by atoms with Gasteiger partial charge in [-0.25, -0.2) is 0 Å². The molecule has 0 aliphatic carbocycles. The summed E-state index contributed by atoms with van der Waals surface area (Å²) >= 11 is 0. The first-order valence-electron chi connectivity index (χ1n) is 13.0. The number of ether oxygens (including phenoxy) is 2. The monoisotopic (exact) mass is 485 g/mol. The molecule has 0 unspecified atom stereocenters. The van der Waals surface area contributed by atoms with Gasteiger partial charge in [-0.2, -0.15) is 0 Å². The Labute approximate surface area is 216 Å². The van der Waals surface area contributed by atoms with Crippen molar-refractivity contribution in [2.24, 2.45) is 0 Å². The van der Waals surface area contributed by atoms with Gasteiger partial charge in [0.25, 0.3) is 0 Å². The van der Waals surface area contributed by atoms with Gasteiger partial charge in [0.2, 0.25) is 0 Å². The van der Waals surface area contributed by atoms with Crippen LogP contribution in [-0.2, 0) is 6.42 Å². The Balaban J connectivity index is 1.53. The van der Waals surface area contributed by atoms with Gasteiger partial charge in [0, 0.05) is 74.9 Å². The van der Waals surface area contributed by atoms with Crippen molar-refractivity contribution in [1.29, 1.82) is 0 Å². The van der Waals surface area contributed by atoms with E-state index in [9.17, 15) is 0 Å². The third-order valence-electron chi connectivity index (χ3n) is 7.76. The van der Waals surface area contributed by atoms with Crippen molar-refractivity contribution in [1.82, 2.24) is 0 Å². The van der Waals surface area contributed by atoms with Crippen molar-refractivity contribution in [3.05, 3.63) is 65.2 Å². The molecule has 0 spiro atoms. The molecule has 5 rings (SSSR count). The zero-order valence-electron chi connectivity index (χ0n) is 22.8. The van der Waals surface area contributed by atoms with Crippen molar-refractivity contribution in [2.45, 2.75) is 39.7 Å². The summed E-state index contributed by atoms with van der Waals surface area (Å²) in [7, 11) is 5.89. The van der Waals surface area contributed by atoms with Crippen LogP contribution in [-0.4, -0.2) is 53.0 Å². The molecular weight excluding hydrogens is 446 g/mol. The molecule has 0 N–H and O–H groups in total. The molecular formula is C31H39N3O2. The Kier molecular flexibility index (Phi) is 6.27. The smallest absolute Gasteiger partial charge is 0.127 e. The van der Waals surface area contributed by atoms with E-state index in [2.05, 4.69) is 92.9 Å². The molecule has 3 aromatic rings. The van der Waals surface area contributed by atoms with Crippen LogP contribution in [0.2, 0.25) is 0 Å². The van der Waals surface area contributed by atoms with Crippen LogP contribution in [0.15, 0.2) is 48.5 Å². The fraction of sp³-hybridized carbons (Fsp3) is 0.419. The van der Waals surface area contributed by atoms with E-state index in [1.54, 1.807) is 7.11 Å². The number of nitrogens with zero attached hydrogens (tertiary/aromatic N) is 3. The lowest BCUT2D eigenvalue weighted by Crippen LogP contribution is -2.47. The molecule has 36 heavy (non-hydrogen) atoms. The first-order valence-corrected chi connectivity index (χ1v) is 13.0. The number of piperazine rings is 1. The number of benzene rings is 3. The molecule has 190 valence electrons. The van der Waals surface area contributed by atoms with Crippen LogP contribution in [0, 0.1) is 13.8 Å². The molecule has 2 heterocycles. The highest BCUT2D eigenvalue weighted by atomic mass is 16.5. The van der Waals surface area contributed by atoms with Crippen LogP contribution in [0.3, 0.4) is 0 Å². The van der Waals surface area contributed by atoms with E-state index in [1.165, 1.54) is 44.9 Å². The van der Waals surface area contributed by atoms with Crippen molar-refractivity contribution >= 4 is 17.1 Å². The lowest BCUT2D eigenvalue weighted by atomic mass is 9.87. The maximum Gasteiger partial charge on any atom is 0.127 e. The minimum Gasteiger partial charge on any atom is -0.497 e. The molecule has 3 aromatic carbocycles. The zero-order valence-corrected chi connectivity index (χ0v) is 22.8. The van der Waals surface area contributed by atoms with E-state index < -0.39 is 0 Å². The molecule has 5 nitrogen and oxygen atoms in total. The number of hydrogen-bond donors (Lipinski definition) is 0. The summed E-state index contributed by atoms with van der Waals surface area (Å²) in [5.41, 5.74) is 10.2. The maximum atomic E-state index is 6.52. The summed E-state index contributed by atoms with van der Waals surface area (Å²) in [5.74, 6) is 1.99. The summed E-state index contributed by atoms with van der Waals surface area (Å²) in [6, 6.07) is 17.4. The van der Waals surface area contributed by atoms with Crippen LogP contribution < -0.4 is 24.2 Å². The van der Waals surface area contributed by atoms with Gasteiger partial charge in [-0.3, -0.25) is 0 Å². The molecule has 0 amide bonds. The number of rotatable bonds is 5. The van der Waals surface area contributed by atoms with E-state index in [4.69, 9.17) is 9.47 Å². The summed E-state index contributed by atoms with van der Waals surface area (Å²) in [6.45, 7) is 12.9. The molecule has 0 aromatic heterocycles. The lowest BCUT2D eigenvalue weighted by Gasteiger charge is -2.39. The SMILES string of the molecule is COc1ccc(N2CCN(c3c(C)c(C)c4c(c3-c3ccc(N(C)C)cc3)CC(C)(C)O4)CC2)cc1. The summed E-state index contributed by atoms with van der Waals surface area (Å²) < 4.78 is 11.9. The fourth-order valence-corrected chi connectivity index (χ4v) is 5.68. The van der Waals surface area contributed by atoms with Crippen LogP contribution in [0.5, 0.6) is 11.5 Å². The van der Waals surface area contributed by atoms with E-state index in [0.717, 1.165) is 44.1 Å². The molecule has 2 aliphatic rings. The maximum absolute atomic E-state index is 6.52. The fourth-order valence-electron chi connectivity index (χ4n) is 5.68. The summed E-state index contributed by atoms with van der Waals surface area (Å²) in [4.78, 5) is 7.23. The zero-order chi connectivity index (χ0) is 25.6. The third-order valence-corrected chi connectivity index (χ3v) is 7.76. The second kappa shape index (κ2) is 9.27.